The molecule has 3 rings (SSSR count). The number of carbonyl (C=O) groups is 2. The summed E-state index contributed by atoms with van der Waals surface area (Å²) in [6.45, 7) is 5.26. The van der Waals surface area contributed by atoms with Gasteiger partial charge >= 0.3 is 6.03 Å². The number of urea groups is 1. The average Bonchev–Trinajstić information content (AvgIpc) is 2.69. The van der Waals surface area contributed by atoms with Crippen molar-refractivity contribution < 1.29 is 9.59 Å². The van der Waals surface area contributed by atoms with Gasteiger partial charge in [-0.2, -0.15) is 0 Å². The molecular weight excluding hydrogens is 374 g/mol. The highest BCUT2D eigenvalue weighted by molar-refractivity contribution is 6.30. The van der Waals surface area contributed by atoms with E-state index in [1.165, 1.54) is 0 Å². The van der Waals surface area contributed by atoms with Gasteiger partial charge in [-0.1, -0.05) is 42.3 Å². The lowest BCUT2D eigenvalue weighted by Gasteiger charge is -2.34. The number of nitrogens with one attached hydrogen (secondary N) is 2. The van der Waals surface area contributed by atoms with E-state index >= 15 is 0 Å². The van der Waals surface area contributed by atoms with Crippen LogP contribution in [0.15, 0.2) is 48.5 Å². The molecule has 148 valence electrons. The van der Waals surface area contributed by atoms with Crippen LogP contribution >= 0.6 is 11.6 Å². The molecule has 1 aliphatic rings. The highest BCUT2D eigenvalue weighted by Crippen LogP contribution is 2.27. The minimum Gasteiger partial charge on any atom is -0.326 e. The van der Waals surface area contributed by atoms with E-state index in [2.05, 4.69) is 10.6 Å². The van der Waals surface area contributed by atoms with Crippen molar-refractivity contribution in [3.63, 3.8) is 0 Å². The van der Waals surface area contributed by atoms with Crippen molar-refractivity contribution in [3.05, 3.63) is 59.1 Å². The molecule has 2 aromatic rings. The molecule has 6 heteroatoms. The fourth-order valence-electron chi connectivity index (χ4n) is 3.48. The number of halogens is 1. The van der Waals surface area contributed by atoms with Gasteiger partial charge in [-0.15, -0.1) is 0 Å². The first-order chi connectivity index (χ1) is 13.4. The van der Waals surface area contributed by atoms with E-state index in [4.69, 9.17) is 11.6 Å². The Morgan fingerprint density at radius 3 is 2.36 bits per heavy atom. The van der Waals surface area contributed by atoms with Gasteiger partial charge in [0.2, 0.25) is 5.91 Å². The van der Waals surface area contributed by atoms with Crippen molar-refractivity contribution in [3.8, 4) is 0 Å². The number of rotatable bonds is 4. The number of hydrogen-bond acceptors (Lipinski definition) is 2. The molecule has 0 spiro atoms. The van der Waals surface area contributed by atoms with E-state index in [1.54, 1.807) is 12.1 Å². The molecule has 1 aliphatic heterocycles. The second-order valence-electron chi connectivity index (χ2n) is 7.41. The third kappa shape index (κ3) is 5.26. The number of anilines is 2. The summed E-state index contributed by atoms with van der Waals surface area (Å²) in [5.74, 6) is 0.119. The molecule has 0 radical (unpaired) electrons. The smallest absolute Gasteiger partial charge is 0.321 e. The number of nitrogens with zero attached hydrogens (tertiary/aromatic N) is 1. The van der Waals surface area contributed by atoms with Crippen molar-refractivity contribution in [1.82, 2.24) is 4.90 Å². The Hall–Kier alpha value is -2.53. The molecule has 1 saturated heterocycles. The van der Waals surface area contributed by atoms with Gasteiger partial charge in [0.1, 0.15) is 0 Å². The number of benzene rings is 2. The van der Waals surface area contributed by atoms with Crippen LogP contribution in [0.2, 0.25) is 5.02 Å². The Morgan fingerprint density at radius 1 is 1.04 bits per heavy atom. The summed E-state index contributed by atoms with van der Waals surface area (Å²) in [5, 5.41) is 6.47. The maximum absolute atomic E-state index is 12.6. The monoisotopic (exact) mass is 399 g/mol. The molecule has 28 heavy (non-hydrogen) atoms. The van der Waals surface area contributed by atoms with Crippen molar-refractivity contribution in [1.29, 1.82) is 0 Å². The molecule has 2 N–H and O–H groups in total. The molecular formula is C22H26ClN3O2. The second kappa shape index (κ2) is 9.11. The minimum atomic E-state index is -0.124. The van der Waals surface area contributed by atoms with Crippen LogP contribution in [-0.2, 0) is 4.79 Å². The first-order valence-corrected chi connectivity index (χ1v) is 9.99. The van der Waals surface area contributed by atoms with E-state index in [0.717, 1.165) is 24.1 Å². The zero-order chi connectivity index (χ0) is 20.1. The van der Waals surface area contributed by atoms with Crippen LogP contribution in [0.3, 0.4) is 0 Å². The Balaban J connectivity index is 1.49. The summed E-state index contributed by atoms with van der Waals surface area (Å²) < 4.78 is 0. The van der Waals surface area contributed by atoms with Crippen LogP contribution in [0, 0.1) is 18.8 Å². The van der Waals surface area contributed by atoms with Gasteiger partial charge in [0.15, 0.2) is 0 Å². The summed E-state index contributed by atoms with van der Waals surface area (Å²) in [6, 6.07) is 14.8. The highest BCUT2D eigenvalue weighted by Gasteiger charge is 2.30. The second-order valence-corrected chi connectivity index (χ2v) is 7.85. The lowest BCUT2D eigenvalue weighted by Crippen LogP contribution is -2.43. The Bertz CT molecular complexity index is 830. The molecule has 0 saturated carbocycles. The zero-order valence-electron chi connectivity index (χ0n) is 16.2. The van der Waals surface area contributed by atoms with Gasteiger partial charge in [0, 0.05) is 35.4 Å². The van der Waals surface area contributed by atoms with Gasteiger partial charge < -0.3 is 15.5 Å². The Labute approximate surface area is 171 Å². The van der Waals surface area contributed by atoms with Crippen molar-refractivity contribution >= 4 is 34.9 Å². The van der Waals surface area contributed by atoms with Crippen molar-refractivity contribution in [2.45, 2.75) is 26.7 Å². The molecule has 0 aliphatic carbocycles. The molecule has 1 atom stereocenters. The van der Waals surface area contributed by atoms with Gasteiger partial charge in [0.25, 0.3) is 0 Å². The number of likely N-dealkylation sites (tertiary alicyclic amines) is 1. The molecule has 2 aromatic carbocycles. The molecule has 3 amide bonds. The van der Waals surface area contributed by atoms with Crippen LogP contribution in [0.25, 0.3) is 0 Å². The van der Waals surface area contributed by atoms with Crippen LogP contribution < -0.4 is 10.6 Å². The van der Waals surface area contributed by atoms with E-state index in [-0.39, 0.29) is 23.8 Å². The van der Waals surface area contributed by atoms with Gasteiger partial charge in [-0.3, -0.25) is 4.79 Å². The third-order valence-corrected chi connectivity index (χ3v) is 5.58. The maximum atomic E-state index is 12.6. The fourth-order valence-corrected chi connectivity index (χ4v) is 3.67. The van der Waals surface area contributed by atoms with Crippen molar-refractivity contribution in [2.75, 3.05) is 23.7 Å². The molecule has 1 unspecified atom stereocenters. The van der Waals surface area contributed by atoms with E-state index < -0.39 is 0 Å². The van der Waals surface area contributed by atoms with Crippen LogP contribution in [0.5, 0.6) is 0 Å². The van der Waals surface area contributed by atoms with Crippen LogP contribution in [-0.4, -0.2) is 29.9 Å². The maximum Gasteiger partial charge on any atom is 0.321 e. The van der Waals surface area contributed by atoms with Gasteiger partial charge in [-0.25, -0.2) is 4.79 Å². The first-order valence-electron chi connectivity index (χ1n) is 9.61. The van der Waals surface area contributed by atoms with Crippen molar-refractivity contribution in [2.24, 2.45) is 11.8 Å². The van der Waals surface area contributed by atoms with E-state index in [9.17, 15) is 9.59 Å². The predicted octanol–water partition coefficient (Wildman–Crippen LogP) is 5.17. The average molecular weight is 400 g/mol. The quantitative estimate of drug-likeness (QED) is 0.745. The van der Waals surface area contributed by atoms with E-state index in [1.807, 2.05) is 55.1 Å². The predicted molar refractivity (Wildman–Crippen MR) is 114 cm³/mol. The summed E-state index contributed by atoms with van der Waals surface area (Å²) in [6.07, 6.45) is 1.62. The summed E-state index contributed by atoms with van der Waals surface area (Å²) in [7, 11) is 0. The molecule has 1 heterocycles. The first kappa shape index (κ1) is 20.2. The number of aryl methyl sites for hydroxylation is 1. The Kier molecular flexibility index (Phi) is 6.57. The number of amides is 3. The minimum absolute atomic E-state index is 0.00942. The molecule has 0 bridgehead atoms. The summed E-state index contributed by atoms with van der Waals surface area (Å²) in [4.78, 5) is 26.8. The lowest BCUT2D eigenvalue weighted by molar-refractivity contribution is -0.121. The van der Waals surface area contributed by atoms with E-state index in [0.29, 0.717) is 23.8 Å². The SMILES string of the molecule is Cc1ccc(NC(=O)N2CCC(C(C)C(=O)Nc3cccc(Cl)c3)CC2)cc1. The lowest BCUT2D eigenvalue weighted by atomic mass is 9.85. The number of carbonyl (C=O) groups excluding carboxylic acids is 2. The number of hydrogen-bond donors (Lipinski definition) is 2. The van der Waals surface area contributed by atoms with Gasteiger partial charge in [0.05, 0.1) is 0 Å². The number of piperidine rings is 1. The topological polar surface area (TPSA) is 61.4 Å². The fraction of sp³-hybridized carbons (Fsp3) is 0.364. The normalized spacial score (nSPS) is 15.8. The Morgan fingerprint density at radius 2 is 1.71 bits per heavy atom. The highest BCUT2D eigenvalue weighted by atomic mass is 35.5. The zero-order valence-corrected chi connectivity index (χ0v) is 17.0. The largest absolute Gasteiger partial charge is 0.326 e. The summed E-state index contributed by atoms with van der Waals surface area (Å²) >= 11 is 5.97. The molecule has 0 aromatic heterocycles. The summed E-state index contributed by atoms with van der Waals surface area (Å²) in [5.41, 5.74) is 2.66. The standard InChI is InChI=1S/C22H26ClN3O2/c1-15-6-8-19(9-7-15)25-22(28)26-12-10-17(11-13-26)16(2)21(27)24-20-5-3-4-18(23)14-20/h3-9,14,16-17H,10-13H2,1-2H3,(H,24,27)(H,25,28). The van der Waals surface area contributed by atoms with Crippen LogP contribution in [0.1, 0.15) is 25.3 Å². The van der Waals surface area contributed by atoms with Gasteiger partial charge in [-0.05, 0) is 56.0 Å². The molecule has 5 nitrogen and oxygen atoms in total. The van der Waals surface area contributed by atoms with Crippen LogP contribution in [0.4, 0.5) is 16.2 Å². The molecule has 1 fully saturated rings. The third-order valence-electron chi connectivity index (χ3n) is 5.34.